The predicted molar refractivity (Wildman–Crippen MR) is 38.0 cm³/mol. The standard InChI is InChI=1S/2C2H5.C2H4.Al.ClH/c3*1-2;;/h2*1H2,2H3;1-2H2;;1H/q;;;+1;/p-1. The Morgan fingerprint density at radius 3 is 1.38 bits per heavy atom. The van der Waals surface area contributed by atoms with Crippen LogP contribution >= 0.6 is 0 Å². The van der Waals surface area contributed by atoms with Gasteiger partial charge in [-0.1, -0.05) is 0 Å². The van der Waals surface area contributed by atoms with Gasteiger partial charge < -0.3 is 12.4 Å². The molecule has 48 valence electrons. The summed E-state index contributed by atoms with van der Waals surface area (Å²) in [6, 6.07) is 0. The smallest absolute Gasteiger partial charge is 1.00 e. The minimum Gasteiger partial charge on any atom is -1.00 e. The van der Waals surface area contributed by atoms with Crippen LogP contribution in [0.1, 0.15) is 13.8 Å². The number of hydrogen-bond acceptors (Lipinski definition) is 0. The summed E-state index contributed by atoms with van der Waals surface area (Å²) in [7, 11) is 0. The number of hydrogen-bond donors (Lipinski definition) is 0. The fourth-order valence-corrected chi connectivity index (χ4v) is 0.866. The van der Waals surface area contributed by atoms with E-state index in [4.69, 9.17) is 0 Å². The van der Waals surface area contributed by atoms with Crippen LogP contribution in [0.2, 0.25) is 10.6 Å². The fourth-order valence-electron chi connectivity index (χ4n) is 0.289. The Bertz CT molecular complexity index is 22.5. The van der Waals surface area contributed by atoms with E-state index in [1.165, 1.54) is 10.6 Å². The van der Waals surface area contributed by atoms with Crippen LogP contribution in [-0.4, -0.2) is 15.2 Å². The van der Waals surface area contributed by atoms with Crippen molar-refractivity contribution in [2.75, 3.05) is 0 Å². The second kappa shape index (κ2) is 25.7. The van der Waals surface area contributed by atoms with Gasteiger partial charge in [-0.3, -0.25) is 0 Å². The molecule has 0 bridgehead atoms. The first-order valence-electron chi connectivity index (χ1n) is 2.73. The summed E-state index contributed by atoms with van der Waals surface area (Å²) in [5.41, 5.74) is 0. The molecular formula is C6H14AlCl. The molecule has 0 nitrogen and oxygen atoms in total. The maximum absolute atomic E-state index is 3.00. The monoisotopic (exact) mass is 148 g/mol. The molecule has 0 aliphatic heterocycles. The van der Waals surface area contributed by atoms with Gasteiger partial charge in [0.25, 0.3) is 0 Å². The Morgan fingerprint density at radius 2 is 1.38 bits per heavy atom. The Hall–Kier alpha value is 0.562. The van der Waals surface area contributed by atoms with Crippen LogP contribution in [0.15, 0.2) is 13.2 Å². The minimum atomic E-state index is 0. The molecule has 0 saturated carbocycles. The van der Waals surface area contributed by atoms with Crippen molar-refractivity contribution in [1.82, 2.24) is 0 Å². The zero-order chi connectivity index (χ0) is 6.12. The molecule has 0 atom stereocenters. The van der Waals surface area contributed by atoms with E-state index in [2.05, 4.69) is 27.0 Å². The predicted octanol–water partition coefficient (Wildman–Crippen LogP) is -0.627. The summed E-state index contributed by atoms with van der Waals surface area (Å²) in [5, 5.41) is 2.85. The molecule has 0 aromatic carbocycles. The van der Waals surface area contributed by atoms with Gasteiger partial charge in [0, 0.05) is 0 Å². The van der Waals surface area contributed by atoms with Gasteiger partial charge in [0.2, 0.25) is 0 Å². The van der Waals surface area contributed by atoms with Crippen molar-refractivity contribution >= 4 is 15.2 Å². The largest absolute Gasteiger partial charge is 1.00 e. The van der Waals surface area contributed by atoms with Gasteiger partial charge in [0.1, 0.15) is 0 Å². The molecule has 0 aromatic heterocycles. The zero-order valence-corrected chi connectivity index (χ0v) is 7.69. The Balaban J connectivity index is -0.0000000750. The summed E-state index contributed by atoms with van der Waals surface area (Å²) in [6.07, 6.45) is 0. The summed E-state index contributed by atoms with van der Waals surface area (Å²) in [4.78, 5) is 0. The molecule has 0 aliphatic rings. The van der Waals surface area contributed by atoms with Crippen LogP contribution in [0.25, 0.3) is 0 Å². The van der Waals surface area contributed by atoms with Crippen LogP contribution in [-0.2, 0) is 0 Å². The van der Waals surface area contributed by atoms with Crippen LogP contribution < -0.4 is 12.4 Å². The molecule has 0 N–H and O–H groups in total. The summed E-state index contributed by atoms with van der Waals surface area (Å²) in [5.74, 6) is 0. The van der Waals surface area contributed by atoms with Gasteiger partial charge in [-0.05, 0) is 0 Å². The fraction of sp³-hybridized carbons (Fsp3) is 0.667. The second-order valence-electron chi connectivity index (χ2n) is 1.11. The Kier molecular flexibility index (Phi) is 50.8. The van der Waals surface area contributed by atoms with Crippen LogP contribution in [0.4, 0.5) is 0 Å². The van der Waals surface area contributed by atoms with Gasteiger partial charge in [-0.2, -0.15) is 0 Å². The molecule has 8 heavy (non-hydrogen) atoms. The van der Waals surface area contributed by atoms with Crippen LogP contribution in [0.5, 0.6) is 0 Å². The molecule has 0 spiro atoms. The third-order valence-electron chi connectivity index (χ3n) is 0.577. The van der Waals surface area contributed by atoms with Gasteiger partial charge in [0.05, 0.1) is 0 Å². The zero-order valence-electron chi connectivity index (χ0n) is 5.78. The van der Waals surface area contributed by atoms with E-state index in [9.17, 15) is 0 Å². The van der Waals surface area contributed by atoms with E-state index in [0.717, 1.165) is 15.2 Å². The molecule has 0 saturated heterocycles. The van der Waals surface area contributed by atoms with E-state index in [1.807, 2.05) is 0 Å². The minimum absolute atomic E-state index is 0. The average Bonchev–Trinajstić information content (AvgIpc) is 1.75. The van der Waals surface area contributed by atoms with Crippen molar-refractivity contribution in [2.24, 2.45) is 0 Å². The molecule has 0 fully saturated rings. The van der Waals surface area contributed by atoms with Gasteiger partial charge in [-0.15, -0.1) is 13.2 Å². The molecule has 0 aliphatic carbocycles. The van der Waals surface area contributed by atoms with Gasteiger partial charge >= 0.3 is 39.6 Å². The van der Waals surface area contributed by atoms with Crippen molar-refractivity contribution in [3.8, 4) is 0 Å². The van der Waals surface area contributed by atoms with Crippen molar-refractivity contribution in [3.05, 3.63) is 13.2 Å². The average molecular weight is 149 g/mol. The van der Waals surface area contributed by atoms with E-state index >= 15 is 0 Å². The SMILES string of the molecule is C=C.C[CH2][Al+][CH2]C.[Cl-]. The molecule has 2 heteroatoms. The summed E-state index contributed by atoms with van der Waals surface area (Å²) < 4.78 is 0. The maximum Gasteiger partial charge on any atom is -1.00 e. The number of rotatable bonds is 2. The Morgan fingerprint density at radius 1 is 1.12 bits per heavy atom. The molecule has 0 amide bonds. The molecule has 0 heterocycles. The topological polar surface area (TPSA) is 0 Å². The molecule has 0 aromatic rings. The summed E-state index contributed by atoms with van der Waals surface area (Å²) in [6.45, 7) is 10.5. The second-order valence-corrected chi connectivity index (χ2v) is 3.32. The molecule has 0 radical (unpaired) electrons. The van der Waals surface area contributed by atoms with Crippen molar-refractivity contribution in [1.29, 1.82) is 0 Å². The van der Waals surface area contributed by atoms with E-state index in [-0.39, 0.29) is 12.4 Å². The van der Waals surface area contributed by atoms with Crippen LogP contribution in [0, 0.1) is 0 Å². The van der Waals surface area contributed by atoms with E-state index in [0.29, 0.717) is 0 Å². The van der Waals surface area contributed by atoms with Crippen LogP contribution in [0.3, 0.4) is 0 Å². The molecular weight excluding hydrogens is 135 g/mol. The number of halogens is 1. The van der Waals surface area contributed by atoms with Crippen molar-refractivity contribution in [3.63, 3.8) is 0 Å². The van der Waals surface area contributed by atoms with E-state index in [1.54, 1.807) is 0 Å². The third kappa shape index (κ3) is 30.9. The van der Waals surface area contributed by atoms with Gasteiger partial charge in [-0.25, -0.2) is 0 Å². The van der Waals surface area contributed by atoms with Crippen molar-refractivity contribution in [2.45, 2.75) is 24.4 Å². The van der Waals surface area contributed by atoms with Gasteiger partial charge in [0.15, 0.2) is 0 Å². The Labute approximate surface area is 65.5 Å². The molecule has 0 rings (SSSR count). The molecule has 0 unspecified atom stereocenters. The summed E-state index contributed by atoms with van der Waals surface area (Å²) >= 11 is 0.815. The third-order valence-corrected chi connectivity index (χ3v) is 1.73. The first-order valence-corrected chi connectivity index (χ1v) is 4.36. The van der Waals surface area contributed by atoms with Crippen molar-refractivity contribution < 1.29 is 12.4 Å². The normalized spacial score (nSPS) is 4.75. The first-order chi connectivity index (χ1) is 3.41. The first kappa shape index (κ1) is 15.8. The quantitative estimate of drug-likeness (QED) is 0.362. The van der Waals surface area contributed by atoms with E-state index < -0.39 is 0 Å². The maximum atomic E-state index is 3.00.